The third-order valence-corrected chi connectivity index (χ3v) is 9.28. The van der Waals surface area contributed by atoms with E-state index in [1.54, 1.807) is 24.3 Å². The number of para-hydroxylation sites is 2. The van der Waals surface area contributed by atoms with Gasteiger partial charge < -0.3 is 31.9 Å². The first kappa shape index (κ1) is 37.1. The van der Waals surface area contributed by atoms with Gasteiger partial charge in [-0.2, -0.15) is 46.7 Å². The molecule has 0 aliphatic rings. The molecule has 7 aromatic rings. The number of aromatic nitrogens is 6. The zero-order chi connectivity index (χ0) is 39.1. The van der Waals surface area contributed by atoms with Crippen LogP contribution in [0.25, 0.3) is 0 Å². The molecule has 0 bridgehead atoms. The van der Waals surface area contributed by atoms with Crippen molar-refractivity contribution in [2.24, 2.45) is 0 Å². The first-order chi connectivity index (χ1) is 26.9. The Morgan fingerprint density at radius 2 is 0.500 bits per heavy atom. The fourth-order valence-electron chi connectivity index (χ4n) is 4.96. The molecule has 0 aliphatic carbocycles. The standard InChI is InChI=1S/C36H30N12O6S2/c49-55(50,51)29-19-15-27(16-20-29)41-35-45-31(37-23-7-3-1-4-8-23)43-33(47-35)39-25-11-13-26(14-12-25)40-34-44-32(38-24-9-5-2-6-10-24)46-36(48-34)42-28-17-21-30(22-18-28)56(52,53)54/h1-22H,(H,49,50,51)(H,52,53,54)(H3,37,39,41,43,45,47)(H3,38,40,42,44,46,48). The van der Waals surface area contributed by atoms with Crippen LogP contribution >= 0.6 is 0 Å². The van der Waals surface area contributed by atoms with Gasteiger partial charge in [-0.1, -0.05) is 36.4 Å². The van der Waals surface area contributed by atoms with Crippen LogP contribution in [0.1, 0.15) is 0 Å². The molecular formula is C36H30N12O6S2. The van der Waals surface area contributed by atoms with E-state index in [9.17, 15) is 25.9 Å². The van der Waals surface area contributed by atoms with Gasteiger partial charge in [-0.15, -0.1) is 0 Å². The highest BCUT2D eigenvalue weighted by atomic mass is 32.2. The molecule has 8 N–H and O–H groups in total. The van der Waals surface area contributed by atoms with E-state index in [0.29, 0.717) is 22.7 Å². The van der Waals surface area contributed by atoms with Gasteiger partial charge in [0, 0.05) is 34.1 Å². The summed E-state index contributed by atoms with van der Waals surface area (Å²) in [5, 5.41) is 18.7. The minimum atomic E-state index is -4.36. The largest absolute Gasteiger partial charge is 0.324 e. The minimum Gasteiger partial charge on any atom is -0.324 e. The summed E-state index contributed by atoms with van der Waals surface area (Å²) in [4.78, 5) is 26.4. The topological polar surface area (TPSA) is 258 Å². The molecule has 0 saturated heterocycles. The van der Waals surface area contributed by atoms with Crippen molar-refractivity contribution in [3.05, 3.63) is 133 Å². The highest BCUT2D eigenvalue weighted by Crippen LogP contribution is 2.25. The Balaban J connectivity index is 1.11. The fraction of sp³-hybridized carbons (Fsp3) is 0. The normalized spacial score (nSPS) is 11.3. The van der Waals surface area contributed by atoms with Gasteiger partial charge in [0.15, 0.2) is 0 Å². The summed E-state index contributed by atoms with van der Waals surface area (Å²) in [5.41, 5.74) is 3.63. The van der Waals surface area contributed by atoms with E-state index >= 15 is 0 Å². The Hall–Kier alpha value is -7.26. The number of anilines is 12. The quantitative estimate of drug-likeness (QED) is 0.0515. The molecule has 18 nitrogen and oxygen atoms in total. The summed E-state index contributed by atoms with van der Waals surface area (Å²) in [6.07, 6.45) is 0. The van der Waals surface area contributed by atoms with Crippen LogP contribution in [0.5, 0.6) is 0 Å². The number of rotatable bonds is 14. The molecule has 0 unspecified atom stereocenters. The Labute approximate surface area is 320 Å². The van der Waals surface area contributed by atoms with Gasteiger partial charge in [-0.25, -0.2) is 0 Å². The van der Waals surface area contributed by atoms with E-state index in [1.807, 2.05) is 60.7 Å². The predicted molar refractivity (Wildman–Crippen MR) is 211 cm³/mol. The molecule has 20 heteroatoms. The number of nitrogens with one attached hydrogen (secondary N) is 6. The molecule has 0 amide bonds. The average molecular weight is 791 g/mol. The molecule has 0 atom stereocenters. The van der Waals surface area contributed by atoms with Crippen LogP contribution in [-0.4, -0.2) is 55.8 Å². The van der Waals surface area contributed by atoms with Crippen molar-refractivity contribution < 1.29 is 25.9 Å². The molecule has 7 rings (SSSR count). The molecule has 56 heavy (non-hydrogen) atoms. The second-order valence-corrected chi connectivity index (χ2v) is 14.5. The van der Waals surface area contributed by atoms with Crippen molar-refractivity contribution >= 4 is 90.1 Å². The van der Waals surface area contributed by atoms with Crippen molar-refractivity contribution in [3.8, 4) is 0 Å². The van der Waals surface area contributed by atoms with Gasteiger partial charge in [-0.3, -0.25) is 9.11 Å². The summed E-state index contributed by atoms with van der Waals surface area (Å²) in [5.74, 6) is 1.10. The maximum atomic E-state index is 11.5. The van der Waals surface area contributed by atoms with Gasteiger partial charge in [-0.05, 0) is 97.1 Å². The lowest BCUT2D eigenvalue weighted by Gasteiger charge is -2.13. The zero-order valence-corrected chi connectivity index (χ0v) is 30.4. The molecule has 0 spiro atoms. The van der Waals surface area contributed by atoms with E-state index in [1.165, 1.54) is 48.5 Å². The molecule has 0 fully saturated rings. The third-order valence-electron chi connectivity index (χ3n) is 7.54. The SMILES string of the molecule is O=S(=O)(O)c1ccc(Nc2nc(Nc3ccccc3)nc(Nc3ccc(Nc4nc(Nc5ccccc5)nc(Nc5ccc(S(=O)(=O)O)cc5)n4)cc3)n2)cc1. The highest BCUT2D eigenvalue weighted by molar-refractivity contribution is 7.86. The van der Waals surface area contributed by atoms with Crippen LogP contribution in [0.15, 0.2) is 143 Å². The highest BCUT2D eigenvalue weighted by Gasteiger charge is 2.14. The number of hydrogen-bond acceptors (Lipinski definition) is 16. The van der Waals surface area contributed by atoms with Gasteiger partial charge in [0.1, 0.15) is 0 Å². The smallest absolute Gasteiger partial charge is 0.294 e. The van der Waals surface area contributed by atoms with E-state index < -0.39 is 20.2 Å². The molecule has 0 radical (unpaired) electrons. The molecule has 2 aromatic heterocycles. The predicted octanol–water partition coefficient (Wildman–Crippen LogP) is 7.01. The number of nitrogens with zero attached hydrogens (tertiary/aromatic N) is 6. The summed E-state index contributed by atoms with van der Waals surface area (Å²) < 4.78 is 64.6. The molecule has 2 heterocycles. The van der Waals surface area contributed by atoms with E-state index in [0.717, 1.165) is 11.4 Å². The lowest BCUT2D eigenvalue weighted by atomic mass is 10.3. The Morgan fingerprint density at radius 1 is 0.304 bits per heavy atom. The lowest BCUT2D eigenvalue weighted by molar-refractivity contribution is 0.481. The average Bonchev–Trinajstić information content (AvgIpc) is 3.16. The maximum absolute atomic E-state index is 11.5. The van der Waals surface area contributed by atoms with E-state index in [-0.39, 0.29) is 45.5 Å². The minimum absolute atomic E-state index is 0.146. The summed E-state index contributed by atoms with van der Waals surface area (Å²) in [6, 6.07) is 36.5. The molecule has 5 aromatic carbocycles. The summed E-state index contributed by atoms with van der Waals surface area (Å²) in [6.45, 7) is 0. The van der Waals surface area contributed by atoms with E-state index in [2.05, 4.69) is 61.8 Å². The van der Waals surface area contributed by atoms with Crippen LogP contribution in [0, 0.1) is 0 Å². The van der Waals surface area contributed by atoms with Crippen molar-refractivity contribution in [2.75, 3.05) is 31.9 Å². The van der Waals surface area contributed by atoms with Gasteiger partial charge in [0.25, 0.3) is 20.2 Å². The van der Waals surface area contributed by atoms with Crippen LogP contribution < -0.4 is 31.9 Å². The maximum Gasteiger partial charge on any atom is 0.294 e. The Bertz CT molecular complexity index is 2490. The fourth-order valence-corrected chi connectivity index (χ4v) is 5.92. The van der Waals surface area contributed by atoms with Crippen LogP contribution in [0.4, 0.5) is 69.8 Å². The van der Waals surface area contributed by atoms with E-state index in [4.69, 9.17) is 0 Å². The summed E-state index contributed by atoms with van der Waals surface area (Å²) >= 11 is 0. The second-order valence-electron chi connectivity index (χ2n) is 11.7. The first-order valence-corrected chi connectivity index (χ1v) is 19.3. The van der Waals surface area contributed by atoms with Crippen molar-refractivity contribution in [1.29, 1.82) is 0 Å². The van der Waals surface area contributed by atoms with Crippen LogP contribution in [0.3, 0.4) is 0 Å². The second kappa shape index (κ2) is 16.0. The van der Waals surface area contributed by atoms with Crippen molar-refractivity contribution in [1.82, 2.24) is 29.9 Å². The molecule has 282 valence electrons. The lowest BCUT2D eigenvalue weighted by Crippen LogP contribution is -2.08. The Morgan fingerprint density at radius 3 is 0.714 bits per heavy atom. The monoisotopic (exact) mass is 790 g/mol. The number of hydrogen-bond donors (Lipinski definition) is 8. The van der Waals surface area contributed by atoms with Gasteiger partial charge in [0.05, 0.1) is 9.79 Å². The molecular weight excluding hydrogens is 761 g/mol. The van der Waals surface area contributed by atoms with Crippen molar-refractivity contribution in [3.63, 3.8) is 0 Å². The molecule has 0 aliphatic heterocycles. The van der Waals surface area contributed by atoms with Gasteiger partial charge in [0.2, 0.25) is 35.7 Å². The first-order valence-electron chi connectivity index (χ1n) is 16.4. The third kappa shape index (κ3) is 10.0. The molecule has 0 saturated carbocycles. The number of benzene rings is 5. The van der Waals surface area contributed by atoms with Crippen LogP contribution in [-0.2, 0) is 20.2 Å². The Kier molecular flexibility index (Phi) is 10.6. The zero-order valence-electron chi connectivity index (χ0n) is 28.7. The van der Waals surface area contributed by atoms with Gasteiger partial charge >= 0.3 is 0 Å². The van der Waals surface area contributed by atoms with Crippen molar-refractivity contribution in [2.45, 2.75) is 9.79 Å². The van der Waals surface area contributed by atoms with Crippen LogP contribution in [0.2, 0.25) is 0 Å². The summed E-state index contributed by atoms with van der Waals surface area (Å²) in [7, 11) is -8.72.